The first-order valence-electron chi connectivity index (χ1n) is 6.92. The van der Waals surface area contributed by atoms with Crippen molar-refractivity contribution in [3.05, 3.63) is 38.7 Å². The summed E-state index contributed by atoms with van der Waals surface area (Å²) < 4.78 is 1.71. The first-order valence-corrected chi connectivity index (χ1v) is 8.51. The van der Waals surface area contributed by atoms with Crippen molar-refractivity contribution in [3.63, 3.8) is 0 Å². The molecule has 0 atom stereocenters. The van der Waals surface area contributed by atoms with Crippen LogP contribution in [-0.4, -0.2) is 52.2 Å². The van der Waals surface area contributed by atoms with E-state index < -0.39 is 0 Å². The highest BCUT2D eigenvalue weighted by atomic mass is 79.9. The molecule has 1 fully saturated rings. The number of aromatic nitrogens is 3. The van der Waals surface area contributed by atoms with Crippen molar-refractivity contribution in [1.29, 1.82) is 0 Å². The van der Waals surface area contributed by atoms with Gasteiger partial charge in [0.05, 0.1) is 4.47 Å². The number of nitrogens with one attached hydrogen (secondary N) is 1. The van der Waals surface area contributed by atoms with Gasteiger partial charge in [-0.3, -0.25) is 9.89 Å². The maximum atomic E-state index is 12.5. The molecule has 2 aromatic rings. The van der Waals surface area contributed by atoms with Gasteiger partial charge in [0.2, 0.25) is 0 Å². The molecule has 0 aliphatic carbocycles. The molecular weight excluding hydrogens is 414 g/mol. The summed E-state index contributed by atoms with van der Waals surface area (Å²) in [5.74, 6) is 0.895. The van der Waals surface area contributed by atoms with Crippen LogP contribution < -0.4 is 4.90 Å². The van der Waals surface area contributed by atoms with E-state index in [-0.39, 0.29) is 5.91 Å². The van der Waals surface area contributed by atoms with E-state index in [4.69, 9.17) is 0 Å². The molecule has 1 aliphatic heterocycles. The Hall–Kier alpha value is -1.41. The summed E-state index contributed by atoms with van der Waals surface area (Å²) in [6.45, 7) is 4.73. The molecule has 1 N–H and O–H groups in total. The highest BCUT2D eigenvalue weighted by Gasteiger charge is 2.26. The molecule has 0 unspecified atom stereocenters. The Morgan fingerprint density at radius 1 is 1.23 bits per heavy atom. The predicted molar refractivity (Wildman–Crippen MR) is 91.1 cm³/mol. The zero-order chi connectivity index (χ0) is 15.7. The lowest BCUT2D eigenvalue weighted by molar-refractivity contribution is 0.0739. The van der Waals surface area contributed by atoms with Gasteiger partial charge in [0.25, 0.3) is 5.91 Å². The van der Waals surface area contributed by atoms with E-state index in [1.54, 1.807) is 6.20 Å². The number of halogens is 2. The summed E-state index contributed by atoms with van der Waals surface area (Å²) in [7, 11) is 0. The number of carbonyl (C=O) groups is 1. The van der Waals surface area contributed by atoms with E-state index in [9.17, 15) is 4.79 Å². The van der Waals surface area contributed by atoms with Crippen LogP contribution in [0.25, 0.3) is 0 Å². The Labute approximate surface area is 145 Å². The van der Waals surface area contributed by atoms with Gasteiger partial charge in [0.15, 0.2) is 5.69 Å². The van der Waals surface area contributed by atoms with Crippen LogP contribution in [0, 0.1) is 6.92 Å². The lowest BCUT2D eigenvalue weighted by Crippen LogP contribution is -2.49. The van der Waals surface area contributed by atoms with Gasteiger partial charge in [-0.25, -0.2) is 4.98 Å². The smallest absolute Gasteiger partial charge is 0.275 e. The van der Waals surface area contributed by atoms with Gasteiger partial charge in [-0.15, -0.1) is 0 Å². The quantitative estimate of drug-likeness (QED) is 0.798. The number of pyridine rings is 1. The first-order chi connectivity index (χ1) is 10.6. The molecule has 0 aromatic carbocycles. The van der Waals surface area contributed by atoms with Crippen LogP contribution in [-0.2, 0) is 0 Å². The van der Waals surface area contributed by atoms with E-state index >= 15 is 0 Å². The van der Waals surface area contributed by atoms with Gasteiger partial charge in [0, 0.05) is 42.5 Å². The van der Waals surface area contributed by atoms with Gasteiger partial charge in [-0.2, -0.15) is 5.10 Å². The summed E-state index contributed by atoms with van der Waals surface area (Å²) in [5.41, 5.74) is 1.31. The maximum absolute atomic E-state index is 12.5. The maximum Gasteiger partial charge on any atom is 0.275 e. The molecule has 6 nitrogen and oxygen atoms in total. The molecule has 1 aliphatic rings. The third-order valence-corrected chi connectivity index (χ3v) is 5.12. The van der Waals surface area contributed by atoms with Crippen molar-refractivity contribution in [1.82, 2.24) is 20.1 Å². The predicted octanol–water partition coefficient (Wildman–Crippen LogP) is 2.60. The van der Waals surface area contributed by atoms with Crippen molar-refractivity contribution >= 4 is 43.6 Å². The van der Waals surface area contributed by atoms with Gasteiger partial charge in [0.1, 0.15) is 5.82 Å². The fraction of sp³-hybridized carbons (Fsp3) is 0.357. The van der Waals surface area contributed by atoms with Crippen molar-refractivity contribution in [2.75, 3.05) is 31.1 Å². The molecule has 8 heteroatoms. The standard InChI is InChI=1S/C14H15Br2N5O/c1-9-12(16)13(19-18-9)14(22)21-6-4-20(5-7-21)11-3-2-10(15)8-17-11/h2-3,8H,4-7H2,1H3,(H,18,19). The molecular formula is C14H15Br2N5O. The zero-order valence-electron chi connectivity index (χ0n) is 12.0. The molecule has 0 radical (unpaired) electrons. The normalized spacial score (nSPS) is 15.2. The molecule has 0 bridgehead atoms. The summed E-state index contributed by atoms with van der Waals surface area (Å²) >= 11 is 6.79. The fourth-order valence-electron chi connectivity index (χ4n) is 2.40. The fourth-order valence-corrected chi connectivity index (χ4v) is 2.98. The zero-order valence-corrected chi connectivity index (χ0v) is 15.2. The van der Waals surface area contributed by atoms with Crippen LogP contribution in [0.2, 0.25) is 0 Å². The second-order valence-corrected chi connectivity index (χ2v) is 6.83. The first kappa shape index (κ1) is 15.5. The molecule has 1 saturated heterocycles. The van der Waals surface area contributed by atoms with Gasteiger partial charge in [-0.05, 0) is 50.9 Å². The summed E-state index contributed by atoms with van der Waals surface area (Å²) in [6, 6.07) is 3.96. The Kier molecular flexibility index (Phi) is 4.49. The third kappa shape index (κ3) is 3.03. The minimum absolute atomic E-state index is 0.0420. The van der Waals surface area contributed by atoms with Crippen LogP contribution in [0.5, 0.6) is 0 Å². The summed E-state index contributed by atoms with van der Waals surface area (Å²) in [5, 5.41) is 6.91. The average molecular weight is 429 g/mol. The molecule has 116 valence electrons. The number of hydrogen-bond acceptors (Lipinski definition) is 4. The van der Waals surface area contributed by atoms with Crippen molar-refractivity contribution in [2.45, 2.75) is 6.92 Å². The van der Waals surface area contributed by atoms with Crippen LogP contribution in [0.4, 0.5) is 5.82 Å². The molecule has 2 aromatic heterocycles. The Bertz CT molecular complexity index is 677. The lowest BCUT2D eigenvalue weighted by Gasteiger charge is -2.35. The van der Waals surface area contributed by atoms with Gasteiger partial charge >= 0.3 is 0 Å². The molecule has 3 heterocycles. The number of amides is 1. The molecule has 1 amide bonds. The van der Waals surface area contributed by atoms with Gasteiger partial charge in [-0.1, -0.05) is 0 Å². The van der Waals surface area contributed by atoms with Crippen molar-refractivity contribution in [3.8, 4) is 0 Å². The average Bonchev–Trinajstić information content (AvgIpc) is 2.87. The van der Waals surface area contributed by atoms with E-state index in [0.29, 0.717) is 18.8 Å². The van der Waals surface area contributed by atoms with Crippen LogP contribution in [0.15, 0.2) is 27.3 Å². The van der Waals surface area contributed by atoms with E-state index in [1.165, 1.54) is 0 Å². The SMILES string of the molecule is Cc1[nH]nc(C(=O)N2CCN(c3ccc(Br)cn3)CC2)c1Br. The van der Waals surface area contributed by atoms with Crippen molar-refractivity contribution < 1.29 is 4.79 Å². The van der Waals surface area contributed by atoms with Crippen molar-refractivity contribution in [2.24, 2.45) is 0 Å². The topological polar surface area (TPSA) is 65.1 Å². The number of anilines is 1. The number of aryl methyl sites for hydroxylation is 1. The Morgan fingerprint density at radius 2 is 1.95 bits per heavy atom. The third-order valence-electron chi connectivity index (χ3n) is 3.68. The van der Waals surface area contributed by atoms with Crippen LogP contribution >= 0.6 is 31.9 Å². The molecule has 0 saturated carbocycles. The Balaban J connectivity index is 1.65. The second-order valence-electron chi connectivity index (χ2n) is 5.13. The number of hydrogen-bond donors (Lipinski definition) is 1. The molecule has 3 rings (SSSR count). The lowest BCUT2D eigenvalue weighted by atomic mass is 10.2. The molecule has 22 heavy (non-hydrogen) atoms. The molecule has 0 spiro atoms. The minimum atomic E-state index is -0.0420. The number of piperazine rings is 1. The number of aromatic amines is 1. The summed E-state index contributed by atoms with van der Waals surface area (Å²) in [4.78, 5) is 20.9. The van der Waals surface area contributed by atoms with Crippen LogP contribution in [0.3, 0.4) is 0 Å². The number of H-pyrrole nitrogens is 1. The highest BCUT2D eigenvalue weighted by molar-refractivity contribution is 9.10. The minimum Gasteiger partial charge on any atom is -0.353 e. The number of rotatable bonds is 2. The van der Waals surface area contributed by atoms with E-state index in [1.807, 2.05) is 24.0 Å². The van der Waals surface area contributed by atoms with Crippen LogP contribution in [0.1, 0.15) is 16.2 Å². The van der Waals surface area contributed by atoms with Gasteiger partial charge < -0.3 is 9.80 Å². The van der Waals surface area contributed by atoms with E-state index in [0.717, 1.165) is 33.5 Å². The largest absolute Gasteiger partial charge is 0.353 e. The highest BCUT2D eigenvalue weighted by Crippen LogP contribution is 2.21. The van der Waals surface area contributed by atoms with E-state index in [2.05, 4.69) is 51.9 Å². The Morgan fingerprint density at radius 3 is 2.50 bits per heavy atom. The summed E-state index contributed by atoms with van der Waals surface area (Å²) in [6.07, 6.45) is 1.79. The number of nitrogens with zero attached hydrogens (tertiary/aromatic N) is 4. The monoisotopic (exact) mass is 427 g/mol. The second kappa shape index (κ2) is 6.37. The number of carbonyl (C=O) groups excluding carboxylic acids is 1.